The summed E-state index contributed by atoms with van der Waals surface area (Å²) in [4.78, 5) is 11.0. The quantitative estimate of drug-likeness (QED) is 0.525. The van der Waals surface area contributed by atoms with Crippen molar-refractivity contribution in [2.45, 2.75) is 24.5 Å². The van der Waals surface area contributed by atoms with Crippen LogP contribution in [0.25, 0.3) is 11.2 Å². The highest BCUT2D eigenvalue weighted by Crippen LogP contribution is 2.30. The van der Waals surface area contributed by atoms with Gasteiger partial charge in [0.1, 0.15) is 29.5 Å². The minimum Gasteiger partial charge on any atom is -0.387 e. The van der Waals surface area contributed by atoms with Crippen LogP contribution in [0.3, 0.4) is 0 Å². The number of rotatable bonds is 2. The Kier molecular flexibility index (Phi) is 3.07. The predicted molar refractivity (Wildman–Crippen MR) is 67.7 cm³/mol. The number of hydrogen-bond acceptors (Lipinski definition) is 7. The summed E-state index contributed by atoms with van der Waals surface area (Å²) in [5.74, 6) is 0. The van der Waals surface area contributed by atoms with E-state index in [1.807, 2.05) is 0 Å². The normalized spacial score (nSPS) is 31.1. The van der Waals surface area contributed by atoms with E-state index in [4.69, 9.17) is 22.7 Å². The lowest BCUT2D eigenvalue weighted by Crippen LogP contribution is -2.35. The maximum Gasteiger partial charge on any atom is 0.165 e. The molecule has 9 heteroatoms. The number of ether oxygens (including phenoxy) is 1. The van der Waals surface area contributed by atoms with Gasteiger partial charge in [0.05, 0.1) is 12.7 Å². The number of nitrogens with two attached hydrogens (primary N) is 1. The standard InChI is InChI=1S/C10H13N5O3S/c11-1-4-6(16)7(17)10(18-4)15-3-14-5-8(15)12-2-13-9(5)19/h2-4,6-7,10,16-17H,1,11H2,(H,12,13,19)/t4-,6-,7-,10-/m1/s1. The van der Waals surface area contributed by atoms with Gasteiger partial charge in [0.15, 0.2) is 10.9 Å². The zero-order chi connectivity index (χ0) is 13.6. The number of nitrogens with one attached hydrogen (secondary N) is 1. The lowest BCUT2D eigenvalue weighted by molar-refractivity contribution is -0.0322. The number of nitrogens with zero attached hydrogens (tertiary/aromatic N) is 3. The summed E-state index contributed by atoms with van der Waals surface area (Å²) in [5.41, 5.74) is 6.57. The minimum atomic E-state index is -1.08. The van der Waals surface area contributed by atoms with E-state index in [-0.39, 0.29) is 6.54 Å². The number of aliphatic hydroxyl groups excluding tert-OH is 2. The summed E-state index contributed by atoms with van der Waals surface area (Å²) >= 11 is 5.06. The van der Waals surface area contributed by atoms with Crippen LogP contribution < -0.4 is 5.73 Å². The fourth-order valence-electron chi connectivity index (χ4n) is 2.22. The Hall–Kier alpha value is -1.39. The van der Waals surface area contributed by atoms with E-state index in [0.29, 0.717) is 15.8 Å². The first-order valence-corrected chi connectivity index (χ1v) is 6.16. The topological polar surface area (TPSA) is 122 Å². The van der Waals surface area contributed by atoms with Gasteiger partial charge in [-0.25, -0.2) is 9.97 Å². The number of hydrogen-bond donors (Lipinski definition) is 4. The van der Waals surface area contributed by atoms with Crippen molar-refractivity contribution >= 4 is 23.4 Å². The largest absolute Gasteiger partial charge is 0.387 e. The monoisotopic (exact) mass is 283 g/mol. The number of imidazole rings is 1. The smallest absolute Gasteiger partial charge is 0.165 e. The Morgan fingerprint density at radius 1 is 1.42 bits per heavy atom. The Morgan fingerprint density at radius 2 is 2.21 bits per heavy atom. The molecule has 0 radical (unpaired) electrons. The molecule has 8 nitrogen and oxygen atoms in total. The molecule has 0 unspecified atom stereocenters. The van der Waals surface area contributed by atoms with Crippen LogP contribution >= 0.6 is 12.2 Å². The molecular formula is C10H13N5O3S. The van der Waals surface area contributed by atoms with Gasteiger partial charge in [0, 0.05) is 6.54 Å². The third-order valence-electron chi connectivity index (χ3n) is 3.22. The molecule has 0 saturated carbocycles. The molecule has 5 N–H and O–H groups in total. The van der Waals surface area contributed by atoms with Crippen LogP contribution in [0.1, 0.15) is 6.23 Å². The maximum absolute atomic E-state index is 10.0. The lowest BCUT2D eigenvalue weighted by atomic mass is 10.1. The van der Waals surface area contributed by atoms with Gasteiger partial charge in [-0.15, -0.1) is 0 Å². The molecule has 1 saturated heterocycles. The number of aromatic amines is 1. The van der Waals surface area contributed by atoms with E-state index >= 15 is 0 Å². The summed E-state index contributed by atoms with van der Waals surface area (Å²) in [5, 5.41) is 19.8. The first kappa shape index (κ1) is 12.6. The van der Waals surface area contributed by atoms with E-state index in [1.54, 1.807) is 4.57 Å². The number of fused-ring (bicyclic) bond motifs is 1. The lowest BCUT2D eigenvalue weighted by Gasteiger charge is -2.16. The SMILES string of the molecule is NC[C@H]1O[C@@H](n2cnc3c(=S)nc[nH]c32)[C@H](O)[C@@H]1O. The van der Waals surface area contributed by atoms with E-state index in [0.717, 1.165) is 0 Å². The second kappa shape index (κ2) is 4.62. The Bertz CT molecular complexity index is 656. The van der Waals surface area contributed by atoms with Gasteiger partial charge >= 0.3 is 0 Å². The van der Waals surface area contributed by atoms with E-state index in [2.05, 4.69) is 15.0 Å². The Balaban J connectivity index is 2.06. The molecular weight excluding hydrogens is 270 g/mol. The van der Waals surface area contributed by atoms with E-state index in [9.17, 15) is 10.2 Å². The molecule has 102 valence electrons. The van der Waals surface area contributed by atoms with Gasteiger partial charge in [-0.2, -0.15) is 0 Å². The first-order chi connectivity index (χ1) is 9.13. The average molecular weight is 283 g/mol. The van der Waals surface area contributed by atoms with Gasteiger partial charge in [-0.05, 0) is 0 Å². The molecule has 3 rings (SSSR count). The highest BCUT2D eigenvalue weighted by molar-refractivity contribution is 7.71. The van der Waals surface area contributed by atoms with Crippen molar-refractivity contribution in [1.29, 1.82) is 0 Å². The van der Waals surface area contributed by atoms with Crippen molar-refractivity contribution in [2.75, 3.05) is 6.54 Å². The van der Waals surface area contributed by atoms with Crippen molar-refractivity contribution in [3.63, 3.8) is 0 Å². The van der Waals surface area contributed by atoms with Crippen molar-refractivity contribution in [3.05, 3.63) is 17.3 Å². The van der Waals surface area contributed by atoms with Gasteiger partial charge < -0.3 is 25.7 Å². The van der Waals surface area contributed by atoms with Crippen molar-refractivity contribution in [2.24, 2.45) is 5.73 Å². The number of aliphatic hydroxyl groups is 2. The van der Waals surface area contributed by atoms with Crippen molar-refractivity contribution < 1.29 is 14.9 Å². The average Bonchev–Trinajstić information content (AvgIpc) is 2.94. The summed E-state index contributed by atoms with van der Waals surface area (Å²) in [7, 11) is 0. The summed E-state index contributed by atoms with van der Waals surface area (Å²) in [6.07, 6.45) is -0.554. The highest BCUT2D eigenvalue weighted by atomic mass is 32.1. The molecule has 2 aromatic heterocycles. The highest BCUT2D eigenvalue weighted by Gasteiger charge is 2.43. The predicted octanol–water partition coefficient (Wildman–Crippen LogP) is -0.933. The van der Waals surface area contributed by atoms with E-state index < -0.39 is 24.5 Å². The van der Waals surface area contributed by atoms with Gasteiger partial charge in [-0.3, -0.25) is 4.57 Å². The zero-order valence-electron chi connectivity index (χ0n) is 9.80. The van der Waals surface area contributed by atoms with Crippen molar-refractivity contribution in [3.8, 4) is 0 Å². The molecule has 1 fully saturated rings. The van der Waals surface area contributed by atoms with Crippen molar-refractivity contribution in [1.82, 2.24) is 19.5 Å². The minimum absolute atomic E-state index is 0.124. The van der Waals surface area contributed by atoms with Gasteiger partial charge in [0.2, 0.25) is 0 Å². The van der Waals surface area contributed by atoms with Crippen LogP contribution in [0.15, 0.2) is 12.7 Å². The zero-order valence-corrected chi connectivity index (χ0v) is 10.6. The molecule has 0 amide bonds. The molecule has 1 aliphatic rings. The number of H-pyrrole nitrogens is 1. The molecule has 4 atom stereocenters. The fraction of sp³-hybridized carbons (Fsp3) is 0.500. The van der Waals surface area contributed by atoms with Gasteiger partial charge in [0.25, 0.3) is 0 Å². The van der Waals surface area contributed by atoms with Crippen LogP contribution in [0.4, 0.5) is 0 Å². The van der Waals surface area contributed by atoms with Crippen LogP contribution in [-0.2, 0) is 4.74 Å². The second-order valence-corrected chi connectivity index (χ2v) is 4.73. The second-order valence-electron chi connectivity index (χ2n) is 4.34. The summed E-state index contributed by atoms with van der Waals surface area (Å²) in [6.45, 7) is 0.124. The molecule has 0 aliphatic carbocycles. The first-order valence-electron chi connectivity index (χ1n) is 5.75. The molecule has 0 spiro atoms. The van der Waals surface area contributed by atoms with Crippen LogP contribution in [-0.4, -0.2) is 54.6 Å². The maximum atomic E-state index is 10.0. The molecule has 0 aromatic carbocycles. The third-order valence-corrected chi connectivity index (χ3v) is 3.52. The summed E-state index contributed by atoms with van der Waals surface area (Å²) in [6, 6.07) is 0. The molecule has 2 aromatic rings. The van der Waals surface area contributed by atoms with Crippen LogP contribution in [0.5, 0.6) is 0 Å². The third kappa shape index (κ3) is 1.86. The van der Waals surface area contributed by atoms with Gasteiger partial charge in [-0.1, -0.05) is 12.2 Å². The molecule has 19 heavy (non-hydrogen) atoms. The molecule has 3 heterocycles. The summed E-state index contributed by atoms with van der Waals surface area (Å²) < 4.78 is 7.49. The molecule has 1 aliphatic heterocycles. The van der Waals surface area contributed by atoms with E-state index in [1.165, 1.54) is 12.7 Å². The Morgan fingerprint density at radius 3 is 2.89 bits per heavy atom. The Labute approximate surface area is 112 Å². The van der Waals surface area contributed by atoms with Crippen LogP contribution in [0.2, 0.25) is 0 Å². The fourth-order valence-corrected chi connectivity index (χ4v) is 2.42. The number of aromatic nitrogens is 4. The molecule has 0 bridgehead atoms. The van der Waals surface area contributed by atoms with Crippen LogP contribution in [0, 0.1) is 4.64 Å².